The van der Waals surface area contributed by atoms with Gasteiger partial charge in [0.25, 0.3) is 0 Å². The molecule has 0 unspecified atom stereocenters. The highest BCUT2D eigenvalue weighted by molar-refractivity contribution is 5.93. The lowest BCUT2D eigenvalue weighted by molar-refractivity contribution is 0.0623. The lowest BCUT2D eigenvalue weighted by Gasteiger charge is -2.29. The van der Waals surface area contributed by atoms with Gasteiger partial charge in [-0.05, 0) is 35.2 Å². The molecule has 2 nitrogen and oxygen atoms in total. The molecule has 0 amide bonds. The van der Waals surface area contributed by atoms with Crippen LogP contribution >= 0.6 is 0 Å². The van der Waals surface area contributed by atoms with Gasteiger partial charge < -0.3 is 9.47 Å². The zero-order chi connectivity index (χ0) is 13.5. The van der Waals surface area contributed by atoms with E-state index in [1.807, 2.05) is 0 Å². The summed E-state index contributed by atoms with van der Waals surface area (Å²) in [5, 5.41) is 2.74. The van der Waals surface area contributed by atoms with Crippen molar-refractivity contribution in [3.8, 4) is 0 Å². The van der Waals surface area contributed by atoms with E-state index >= 15 is 0 Å². The van der Waals surface area contributed by atoms with Crippen LogP contribution in [0.5, 0.6) is 0 Å². The van der Waals surface area contributed by atoms with Gasteiger partial charge in [0.05, 0.1) is 13.2 Å². The van der Waals surface area contributed by atoms with Crippen LogP contribution in [0.4, 0.5) is 0 Å². The van der Waals surface area contributed by atoms with E-state index in [-0.39, 0.29) is 5.41 Å². The van der Waals surface area contributed by atoms with Gasteiger partial charge in [0.1, 0.15) is 0 Å². The predicted molar refractivity (Wildman–Crippen MR) is 77.8 cm³/mol. The minimum absolute atomic E-state index is 0.0286. The fourth-order valence-electron chi connectivity index (χ4n) is 3.58. The molecule has 19 heavy (non-hydrogen) atoms. The van der Waals surface area contributed by atoms with Crippen LogP contribution in [0, 0.1) is 6.92 Å². The highest BCUT2D eigenvalue weighted by atomic mass is 16.5. The fourth-order valence-corrected chi connectivity index (χ4v) is 3.58. The van der Waals surface area contributed by atoms with Gasteiger partial charge in [-0.1, -0.05) is 35.9 Å². The van der Waals surface area contributed by atoms with Gasteiger partial charge in [0.15, 0.2) is 0 Å². The summed E-state index contributed by atoms with van der Waals surface area (Å²) in [4.78, 5) is 0. The van der Waals surface area contributed by atoms with Crippen LogP contribution in [0.25, 0.3) is 10.8 Å². The summed E-state index contributed by atoms with van der Waals surface area (Å²) < 4.78 is 11.0. The van der Waals surface area contributed by atoms with Gasteiger partial charge in [0, 0.05) is 19.6 Å². The van der Waals surface area contributed by atoms with Crippen LogP contribution in [0.2, 0.25) is 0 Å². The first-order valence-electron chi connectivity index (χ1n) is 6.71. The zero-order valence-electron chi connectivity index (χ0n) is 11.8. The lowest BCUT2D eigenvalue weighted by Crippen LogP contribution is -2.36. The van der Waals surface area contributed by atoms with Crippen LogP contribution in [0.3, 0.4) is 0 Å². The van der Waals surface area contributed by atoms with Crippen LogP contribution < -0.4 is 0 Å². The van der Waals surface area contributed by atoms with Crippen molar-refractivity contribution in [3.05, 3.63) is 47.0 Å². The van der Waals surface area contributed by atoms with Crippen molar-refractivity contribution in [1.29, 1.82) is 0 Å². The molecule has 2 aromatic rings. The standard InChI is InChI=1S/C17H20O2/c1-12-7-13-5-4-6-15-16(13)14(8-12)9-17(15,10-18-2)11-19-3/h4-8H,9-11H2,1-3H3. The van der Waals surface area contributed by atoms with Gasteiger partial charge >= 0.3 is 0 Å². The third-order valence-corrected chi connectivity index (χ3v) is 4.14. The molecule has 0 fully saturated rings. The Morgan fingerprint density at radius 2 is 1.84 bits per heavy atom. The molecule has 2 heteroatoms. The molecule has 2 aromatic carbocycles. The molecular weight excluding hydrogens is 236 g/mol. The second-order valence-corrected chi connectivity index (χ2v) is 5.65. The summed E-state index contributed by atoms with van der Waals surface area (Å²) in [5.74, 6) is 0. The molecule has 100 valence electrons. The highest BCUT2D eigenvalue weighted by Gasteiger charge is 2.39. The van der Waals surface area contributed by atoms with Crippen molar-refractivity contribution < 1.29 is 9.47 Å². The second kappa shape index (κ2) is 4.62. The molecule has 0 aromatic heterocycles. The number of benzene rings is 2. The van der Waals surface area contributed by atoms with Crippen LogP contribution in [0.15, 0.2) is 30.3 Å². The van der Waals surface area contributed by atoms with E-state index in [1.54, 1.807) is 14.2 Å². The highest BCUT2D eigenvalue weighted by Crippen LogP contribution is 2.43. The Morgan fingerprint density at radius 1 is 1.11 bits per heavy atom. The average molecular weight is 256 g/mol. The van der Waals surface area contributed by atoms with Crippen LogP contribution in [-0.2, 0) is 21.3 Å². The third kappa shape index (κ3) is 1.87. The lowest BCUT2D eigenvalue weighted by atomic mass is 9.82. The quantitative estimate of drug-likeness (QED) is 0.836. The molecule has 3 rings (SSSR count). The Labute approximate surface area is 114 Å². The number of aryl methyl sites for hydroxylation is 1. The molecule has 0 heterocycles. The molecule has 0 saturated heterocycles. The Hall–Kier alpha value is -1.38. The van der Waals surface area contributed by atoms with Crippen molar-refractivity contribution in [2.45, 2.75) is 18.8 Å². The van der Waals surface area contributed by atoms with E-state index in [0.29, 0.717) is 13.2 Å². The molecule has 1 aliphatic rings. The normalized spacial score (nSPS) is 16.2. The van der Waals surface area contributed by atoms with Crippen molar-refractivity contribution in [3.63, 3.8) is 0 Å². The van der Waals surface area contributed by atoms with Gasteiger partial charge in [-0.15, -0.1) is 0 Å². The molecule has 0 atom stereocenters. The Kier molecular flexibility index (Phi) is 3.08. The molecule has 0 aliphatic heterocycles. The first-order chi connectivity index (χ1) is 9.20. The maximum absolute atomic E-state index is 5.49. The maximum Gasteiger partial charge on any atom is 0.0584 e. The topological polar surface area (TPSA) is 18.5 Å². The summed E-state index contributed by atoms with van der Waals surface area (Å²) in [6.07, 6.45) is 1.01. The Morgan fingerprint density at radius 3 is 2.53 bits per heavy atom. The number of hydrogen-bond acceptors (Lipinski definition) is 2. The summed E-state index contributed by atoms with van der Waals surface area (Å²) in [5.41, 5.74) is 4.10. The molecule has 0 radical (unpaired) electrons. The molecule has 0 spiro atoms. The van der Waals surface area contributed by atoms with Crippen molar-refractivity contribution in [2.24, 2.45) is 0 Å². The number of rotatable bonds is 4. The van der Waals surface area contributed by atoms with E-state index in [1.165, 1.54) is 27.5 Å². The van der Waals surface area contributed by atoms with Crippen molar-refractivity contribution >= 4 is 10.8 Å². The number of methoxy groups -OCH3 is 2. The Bertz CT molecular complexity index is 610. The van der Waals surface area contributed by atoms with E-state index in [0.717, 1.165) is 6.42 Å². The number of ether oxygens (including phenoxy) is 2. The minimum Gasteiger partial charge on any atom is -0.384 e. The smallest absolute Gasteiger partial charge is 0.0584 e. The predicted octanol–water partition coefficient (Wildman–Crippen LogP) is 3.23. The van der Waals surface area contributed by atoms with Gasteiger partial charge in [-0.2, -0.15) is 0 Å². The molecular formula is C17H20O2. The summed E-state index contributed by atoms with van der Waals surface area (Å²) in [6, 6.07) is 11.1. The average Bonchev–Trinajstić information content (AvgIpc) is 2.66. The van der Waals surface area contributed by atoms with E-state index in [4.69, 9.17) is 9.47 Å². The maximum atomic E-state index is 5.49. The van der Waals surface area contributed by atoms with E-state index in [2.05, 4.69) is 37.3 Å². The summed E-state index contributed by atoms with van der Waals surface area (Å²) >= 11 is 0. The first-order valence-corrected chi connectivity index (χ1v) is 6.71. The SMILES string of the molecule is COCC1(COC)Cc2cc(C)cc3cccc1c23. The van der Waals surface area contributed by atoms with Crippen molar-refractivity contribution in [1.82, 2.24) is 0 Å². The molecule has 1 aliphatic carbocycles. The molecule has 0 N–H and O–H groups in total. The van der Waals surface area contributed by atoms with E-state index in [9.17, 15) is 0 Å². The van der Waals surface area contributed by atoms with Gasteiger partial charge in [-0.3, -0.25) is 0 Å². The minimum atomic E-state index is -0.0286. The first kappa shape index (κ1) is 12.6. The summed E-state index contributed by atoms with van der Waals surface area (Å²) in [7, 11) is 3.54. The molecule has 0 bridgehead atoms. The monoisotopic (exact) mass is 256 g/mol. The van der Waals surface area contributed by atoms with Crippen LogP contribution in [0.1, 0.15) is 16.7 Å². The van der Waals surface area contributed by atoms with Crippen molar-refractivity contribution in [2.75, 3.05) is 27.4 Å². The van der Waals surface area contributed by atoms with Gasteiger partial charge in [0.2, 0.25) is 0 Å². The largest absolute Gasteiger partial charge is 0.384 e. The number of hydrogen-bond donors (Lipinski definition) is 0. The molecule has 0 saturated carbocycles. The third-order valence-electron chi connectivity index (χ3n) is 4.14. The Balaban J connectivity index is 2.24. The fraction of sp³-hybridized carbons (Fsp3) is 0.412. The van der Waals surface area contributed by atoms with Gasteiger partial charge in [-0.25, -0.2) is 0 Å². The summed E-state index contributed by atoms with van der Waals surface area (Å²) in [6.45, 7) is 3.57. The van der Waals surface area contributed by atoms with Crippen LogP contribution in [-0.4, -0.2) is 27.4 Å². The second-order valence-electron chi connectivity index (χ2n) is 5.65. The van der Waals surface area contributed by atoms with E-state index < -0.39 is 0 Å². The zero-order valence-corrected chi connectivity index (χ0v) is 11.8.